The molecule has 0 heterocycles. The molecule has 0 saturated heterocycles. The molecule has 2 saturated carbocycles. The van der Waals surface area contributed by atoms with E-state index in [1.807, 2.05) is 12.2 Å². The molecule has 3 aliphatic rings. The minimum Gasteiger partial charge on any atom is -0.491 e. The lowest BCUT2D eigenvalue weighted by atomic mass is 9.82. The van der Waals surface area contributed by atoms with Crippen molar-refractivity contribution in [3.63, 3.8) is 0 Å². The van der Waals surface area contributed by atoms with E-state index in [1.54, 1.807) is 0 Å². The number of allylic oxidation sites excluding steroid dienone is 2. The summed E-state index contributed by atoms with van der Waals surface area (Å²) < 4.78 is 19.2. The number of carboxylic acids is 1. The lowest BCUT2D eigenvalue weighted by Crippen LogP contribution is -2.36. The van der Waals surface area contributed by atoms with Crippen LogP contribution in [-0.2, 0) is 9.59 Å². The van der Waals surface area contributed by atoms with Crippen LogP contribution in [0.25, 0.3) is 0 Å². The number of amides is 1. The molecule has 1 amide bonds. The van der Waals surface area contributed by atoms with Crippen molar-refractivity contribution in [1.82, 2.24) is 0 Å². The van der Waals surface area contributed by atoms with Crippen LogP contribution in [0, 0.1) is 35.4 Å². The fourth-order valence-electron chi connectivity index (χ4n) is 3.94. The van der Waals surface area contributed by atoms with Crippen LogP contribution in [0.5, 0.6) is 5.75 Å². The molecule has 1 aromatic rings. The van der Waals surface area contributed by atoms with Crippen molar-refractivity contribution in [2.24, 2.45) is 29.6 Å². The normalized spacial score (nSPS) is 29.6. The van der Waals surface area contributed by atoms with E-state index in [1.165, 1.54) is 18.2 Å². The molecule has 5 nitrogen and oxygen atoms in total. The Bertz CT molecular complexity index is 743. The molecule has 4 rings (SSSR count). The number of carbonyl (C=O) groups is 2. The minimum atomic E-state index is -0.943. The zero-order valence-corrected chi connectivity index (χ0v) is 13.7. The van der Waals surface area contributed by atoms with Crippen molar-refractivity contribution in [1.29, 1.82) is 0 Å². The first-order valence-electron chi connectivity index (χ1n) is 8.67. The molecule has 0 aliphatic heterocycles. The molecule has 3 aliphatic carbocycles. The number of fused-ring (bicyclic) bond motifs is 2. The zero-order valence-electron chi connectivity index (χ0n) is 13.7. The maximum absolute atomic E-state index is 13.5. The number of aliphatic carboxylic acids is 1. The van der Waals surface area contributed by atoms with Gasteiger partial charge >= 0.3 is 5.97 Å². The third-order valence-corrected chi connectivity index (χ3v) is 5.42. The summed E-state index contributed by atoms with van der Waals surface area (Å²) in [6, 6.07) is 3.98. The van der Waals surface area contributed by atoms with Crippen LogP contribution in [0.3, 0.4) is 0 Å². The van der Waals surface area contributed by atoms with Crippen molar-refractivity contribution in [2.45, 2.75) is 19.3 Å². The number of carboxylic acid groups (broad SMARTS) is 1. The Hall–Kier alpha value is -2.37. The second-order valence-corrected chi connectivity index (χ2v) is 7.22. The molecule has 4 unspecified atom stereocenters. The van der Waals surface area contributed by atoms with Gasteiger partial charge in [0, 0.05) is 6.07 Å². The third kappa shape index (κ3) is 3.13. The van der Waals surface area contributed by atoms with Gasteiger partial charge in [0.05, 0.1) is 24.1 Å². The van der Waals surface area contributed by atoms with E-state index in [2.05, 4.69) is 5.32 Å². The SMILES string of the molecule is O=C(O)C1C2C=CC(C2)C1C(=O)Nc1ccc(F)cc1OCC1CC1. The molecule has 0 spiro atoms. The number of anilines is 1. The van der Waals surface area contributed by atoms with E-state index in [-0.39, 0.29) is 17.7 Å². The Morgan fingerprint density at radius 3 is 2.60 bits per heavy atom. The number of halogens is 1. The predicted octanol–water partition coefficient (Wildman–Crippen LogP) is 3.08. The average molecular weight is 345 g/mol. The summed E-state index contributed by atoms with van der Waals surface area (Å²) in [5.41, 5.74) is 0.392. The van der Waals surface area contributed by atoms with Crippen molar-refractivity contribution in [3.8, 4) is 5.75 Å². The van der Waals surface area contributed by atoms with E-state index >= 15 is 0 Å². The van der Waals surface area contributed by atoms with Crippen LogP contribution >= 0.6 is 0 Å². The number of rotatable bonds is 6. The highest BCUT2D eigenvalue weighted by atomic mass is 19.1. The van der Waals surface area contributed by atoms with Gasteiger partial charge in [-0.15, -0.1) is 0 Å². The maximum Gasteiger partial charge on any atom is 0.307 e. The second kappa shape index (κ2) is 6.17. The van der Waals surface area contributed by atoms with Gasteiger partial charge in [0.2, 0.25) is 5.91 Å². The van der Waals surface area contributed by atoms with Crippen molar-refractivity contribution < 1.29 is 23.8 Å². The van der Waals surface area contributed by atoms with Crippen molar-refractivity contribution >= 4 is 17.6 Å². The summed E-state index contributed by atoms with van der Waals surface area (Å²) >= 11 is 0. The van der Waals surface area contributed by atoms with Gasteiger partial charge in [-0.25, -0.2) is 4.39 Å². The summed E-state index contributed by atoms with van der Waals surface area (Å²) in [6.45, 7) is 0.501. The van der Waals surface area contributed by atoms with Crippen molar-refractivity contribution in [3.05, 3.63) is 36.2 Å². The van der Waals surface area contributed by atoms with Gasteiger partial charge in [-0.1, -0.05) is 12.2 Å². The second-order valence-electron chi connectivity index (χ2n) is 7.22. The molecule has 2 bridgehead atoms. The Kier molecular flexibility index (Phi) is 3.98. The summed E-state index contributed by atoms with van der Waals surface area (Å²) in [5.74, 6) is -2.37. The molecular formula is C19H20FNO4. The summed E-state index contributed by atoms with van der Waals surface area (Å²) in [4.78, 5) is 24.3. The third-order valence-electron chi connectivity index (χ3n) is 5.42. The van der Waals surface area contributed by atoms with Crippen LogP contribution in [0.15, 0.2) is 30.4 Å². The van der Waals surface area contributed by atoms with E-state index < -0.39 is 23.6 Å². The molecule has 2 N–H and O–H groups in total. The Morgan fingerprint density at radius 1 is 1.20 bits per heavy atom. The van der Waals surface area contributed by atoms with Crippen molar-refractivity contribution in [2.75, 3.05) is 11.9 Å². The number of hydrogen-bond acceptors (Lipinski definition) is 3. The van der Waals surface area contributed by atoms with Gasteiger partial charge in [-0.05, 0) is 49.1 Å². The Labute approximate surface area is 144 Å². The molecule has 6 heteroatoms. The summed E-state index contributed by atoms with van der Waals surface area (Å²) in [6.07, 6.45) is 6.74. The monoisotopic (exact) mass is 345 g/mol. The quantitative estimate of drug-likeness (QED) is 0.777. The highest BCUT2D eigenvalue weighted by Crippen LogP contribution is 2.48. The largest absolute Gasteiger partial charge is 0.491 e. The van der Waals surface area contributed by atoms with Gasteiger partial charge in [0.1, 0.15) is 11.6 Å². The van der Waals surface area contributed by atoms with Gasteiger partial charge in [-0.2, -0.15) is 0 Å². The number of benzene rings is 1. The first kappa shape index (κ1) is 16.1. The summed E-state index contributed by atoms with van der Waals surface area (Å²) in [5, 5.41) is 12.2. The van der Waals surface area contributed by atoms with Gasteiger partial charge in [-0.3, -0.25) is 9.59 Å². The first-order valence-corrected chi connectivity index (χ1v) is 8.67. The molecule has 25 heavy (non-hydrogen) atoms. The van der Waals surface area contributed by atoms with Gasteiger partial charge in [0.15, 0.2) is 0 Å². The van der Waals surface area contributed by atoms with E-state index in [4.69, 9.17) is 4.74 Å². The Morgan fingerprint density at radius 2 is 1.92 bits per heavy atom. The fraction of sp³-hybridized carbons (Fsp3) is 0.474. The highest BCUT2D eigenvalue weighted by molar-refractivity contribution is 5.97. The highest BCUT2D eigenvalue weighted by Gasteiger charge is 2.51. The maximum atomic E-state index is 13.5. The van der Waals surface area contributed by atoms with E-state index in [9.17, 15) is 19.1 Å². The molecule has 1 aromatic carbocycles. The lowest BCUT2D eigenvalue weighted by Gasteiger charge is -2.24. The minimum absolute atomic E-state index is 0.0534. The predicted molar refractivity (Wildman–Crippen MR) is 88.6 cm³/mol. The van der Waals surface area contributed by atoms with Crippen LogP contribution in [-0.4, -0.2) is 23.6 Å². The van der Waals surface area contributed by atoms with Crippen LogP contribution in [0.4, 0.5) is 10.1 Å². The molecule has 0 aromatic heterocycles. The smallest absolute Gasteiger partial charge is 0.307 e. The molecule has 2 fully saturated rings. The number of hydrogen-bond donors (Lipinski definition) is 2. The van der Waals surface area contributed by atoms with E-state index in [0.717, 1.165) is 12.8 Å². The number of carbonyl (C=O) groups excluding carboxylic acids is 1. The standard InChI is InChI=1S/C19H20FNO4/c20-13-5-6-14(15(8-13)25-9-10-1-2-10)21-18(22)16-11-3-4-12(7-11)17(16)19(23)24/h3-6,8,10-12,16-17H,1-2,7,9H2,(H,21,22)(H,23,24). The zero-order chi connectivity index (χ0) is 17.6. The van der Waals surface area contributed by atoms with Gasteiger partial charge < -0.3 is 15.2 Å². The Balaban J connectivity index is 1.52. The van der Waals surface area contributed by atoms with Crippen LogP contribution < -0.4 is 10.1 Å². The first-order chi connectivity index (χ1) is 12.0. The lowest BCUT2D eigenvalue weighted by molar-refractivity contribution is -0.146. The molecule has 4 atom stereocenters. The number of ether oxygens (including phenoxy) is 1. The summed E-state index contributed by atoms with van der Waals surface area (Å²) in [7, 11) is 0. The molecule has 132 valence electrons. The fourth-order valence-corrected chi connectivity index (χ4v) is 3.94. The van der Waals surface area contributed by atoms with Gasteiger partial charge in [0.25, 0.3) is 0 Å². The van der Waals surface area contributed by atoms with Crippen LogP contribution in [0.2, 0.25) is 0 Å². The van der Waals surface area contributed by atoms with Crippen LogP contribution in [0.1, 0.15) is 19.3 Å². The molecular weight excluding hydrogens is 325 g/mol. The molecule has 0 radical (unpaired) electrons. The number of nitrogens with one attached hydrogen (secondary N) is 1. The van der Waals surface area contributed by atoms with E-state index in [0.29, 0.717) is 30.4 Å². The average Bonchev–Trinajstić information content (AvgIpc) is 3.18. The topological polar surface area (TPSA) is 75.6 Å².